The van der Waals surface area contributed by atoms with E-state index in [1.54, 1.807) is 42.5 Å². The van der Waals surface area contributed by atoms with E-state index in [2.05, 4.69) is 0 Å². The average molecular weight is 450 g/mol. The predicted octanol–water partition coefficient (Wildman–Crippen LogP) is 5.36. The lowest BCUT2D eigenvalue weighted by molar-refractivity contribution is 0.101. The maximum Gasteiger partial charge on any atom is 0.231 e. The van der Waals surface area contributed by atoms with Crippen molar-refractivity contribution in [3.8, 4) is 28.7 Å². The Bertz CT molecular complexity index is 1210. The molecule has 6 nitrogen and oxygen atoms in total. The number of carbonyl (C=O) groups excluding carboxylic acids is 1. The molecule has 0 aromatic heterocycles. The summed E-state index contributed by atoms with van der Waals surface area (Å²) in [6.45, 7) is 2.09. The third-order valence-corrected chi connectivity index (χ3v) is 5.33. The quantitative estimate of drug-likeness (QED) is 0.452. The van der Waals surface area contributed by atoms with Crippen LogP contribution in [-0.4, -0.2) is 27.1 Å². The molecule has 0 fully saturated rings. The first-order valence-corrected chi connectivity index (χ1v) is 10.2. The van der Waals surface area contributed by atoms with Crippen LogP contribution < -0.4 is 23.7 Å². The van der Waals surface area contributed by atoms with Crippen LogP contribution in [0.1, 0.15) is 27.0 Å². The van der Waals surface area contributed by atoms with Crippen LogP contribution in [0, 0.1) is 12.7 Å². The zero-order valence-corrected chi connectivity index (χ0v) is 18.7. The number of hydrogen-bond donors (Lipinski definition) is 0. The van der Waals surface area contributed by atoms with Crippen molar-refractivity contribution in [1.82, 2.24) is 0 Å². The lowest BCUT2D eigenvalue weighted by Gasteiger charge is -2.13. The summed E-state index contributed by atoms with van der Waals surface area (Å²) in [5.41, 5.74) is 2.65. The molecule has 1 aliphatic rings. The van der Waals surface area contributed by atoms with Crippen molar-refractivity contribution in [2.75, 3.05) is 21.3 Å². The van der Waals surface area contributed by atoms with Crippen molar-refractivity contribution >= 4 is 11.9 Å². The number of ketones is 1. The molecular formula is C26H23FO6. The van der Waals surface area contributed by atoms with Crippen molar-refractivity contribution in [3.63, 3.8) is 0 Å². The van der Waals surface area contributed by atoms with E-state index in [1.165, 1.54) is 33.5 Å². The number of Topliss-reactive ketones (excluding diaryl/α,β-unsaturated/α-hetero) is 1. The third-order valence-electron chi connectivity index (χ3n) is 5.33. The molecule has 0 unspecified atom stereocenters. The lowest BCUT2D eigenvalue weighted by Crippen LogP contribution is -1.99. The van der Waals surface area contributed by atoms with Crippen molar-refractivity contribution in [2.24, 2.45) is 0 Å². The number of benzene rings is 3. The summed E-state index contributed by atoms with van der Waals surface area (Å²) in [5.74, 6) is 2.09. The van der Waals surface area contributed by atoms with Crippen LogP contribution in [0.4, 0.5) is 4.39 Å². The zero-order chi connectivity index (χ0) is 23.5. The first-order chi connectivity index (χ1) is 15.9. The Morgan fingerprint density at radius 1 is 0.909 bits per heavy atom. The molecule has 0 saturated carbocycles. The van der Waals surface area contributed by atoms with Crippen LogP contribution in [0.5, 0.6) is 28.7 Å². The minimum absolute atomic E-state index is 0.179. The number of rotatable bonds is 7. The second-order valence-corrected chi connectivity index (χ2v) is 7.38. The van der Waals surface area contributed by atoms with Gasteiger partial charge in [-0.3, -0.25) is 4.79 Å². The molecular weight excluding hydrogens is 427 g/mol. The number of halogens is 1. The Morgan fingerprint density at radius 3 is 2.18 bits per heavy atom. The van der Waals surface area contributed by atoms with E-state index in [0.29, 0.717) is 45.4 Å². The number of methoxy groups -OCH3 is 3. The highest BCUT2D eigenvalue weighted by atomic mass is 19.1. The molecule has 0 saturated heterocycles. The van der Waals surface area contributed by atoms with E-state index in [9.17, 15) is 9.18 Å². The fourth-order valence-corrected chi connectivity index (χ4v) is 3.60. The van der Waals surface area contributed by atoms with Crippen molar-refractivity contribution < 1.29 is 32.9 Å². The molecule has 170 valence electrons. The Hall–Kier alpha value is -4.00. The van der Waals surface area contributed by atoms with Crippen molar-refractivity contribution in [1.29, 1.82) is 0 Å². The molecule has 0 spiro atoms. The Labute approximate surface area is 191 Å². The topological polar surface area (TPSA) is 63.2 Å². The monoisotopic (exact) mass is 450 g/mol. The van der Waals surface area contributed by atoms with Gasteiger partial charge in [-0.15, -0.1) is 0 Å². The minimum Gasteiger partial charge on any atom is -0.493 e. The molecule has 33 heavy (non-hydrogen) atoms. The van der Waals surface area contributed by atoms with Crippen LogP contribution >= 0.6 is 0 Å². The normalized spacial score (nSPS) is 13.5. The van der Waals surface area contributed by atoms with Crippen LogP contribution in [0.15, 0.2) is 54.3 Å². The highest BCUT2D eigenvalue weighted by Gasteiger charge is 2.30. The van der Waals surface area contributed by atoms with E-state index in [1.807, 2.05) is 6.92 Å². The highest BCUT2D eigenvalue weighted by molar-refractivity contribution is 6.15. The van der Waals surface area contributed by atoms with Gasteiger partial charge in [0.1, 0.15) is 23.9 Å². The number of ether oxygens (including phenoxy) is 5. The third kappa shape index (κ3) is 4.35. The number of allylic oxidation sites excluding steroid dienone is 1. The van der Waals surface area contributed by atoms with E-state index in [0.717, 1.165) is 5.56 Å². The van der Waals surface area contributed by atoms with Gasteiger partial charge in [-0.25, -0.2) is 4.39 Å². The minimum atomic E-state index is -0.300. The first kappa shape index (κ1) is 22.2. The fourth-order valence-electron chi connectivity index (χ4n) is 3.60. The molecule has 0 N–H and O–H groups in total. The van der Waals surface area contributed by atoms with Gasteiger partial charge in [-0.2, -0.15) is 0 Å². The summed E-state index contributed by atoms with van der Waals surface area (Å²) in [7, 11) is 4.58. The van der Waals surface area contributed by atoms with Gasteiger partial charge in [0.05, 0.1) is 26.9 Å². The molecule has 4 rings (SSSR count). The SMILES string of the molecule is COc1cc(/C=C2\Oc3c(ccc(OCc4ccc(F)cc4)c3C)C2=O)cc(OC)c1OC. The van der Waals surface area contributed by atoms with Gasteiger partial charge in [0.2, 0.25) is 11.5 Å². The summed E-state index contributed by atoms with van der Waals surface area (Å²) in [4.78, 5) is 13.0. The molecule has 7 heteroatoms. The van der Waals surface area contributed by atoms with Crippen LogP contribution in [-0.2, 0) is 6.61 Å². The smallest absolute Gasteiger partial charge is 0.231 e. The maximum absolute atomic E-state index is 13.1. The van der Waals surface area contributed by atoms with Gasteiger partial charge in [-0.05, 0) is 60.5 Å². The number of fused-ring (bicyclic) bond motifs is 1. The van der Waals surface area contributed by atoms with Crippen LogP contribution in [0.3, 0.4) is 0 Å². The van der Waals surface area contributed by atoms with Crippen LogP contribution in [0.2, 0.25) is 0 Å². The van der Waals surface area contributed by atoms with Crippen molar-refractivity contribution in [3.05, 3.63) is 82.4 Å². The molecule has 3 aromatic carbocycles. The predicted molar refractivity (Wildman–Crippen MR) is 121 cm³/mol. The second kappa shape index (κ2) is 9.24. The molecule has 0 amide bonds. The molecule has 3 aromatic rings. The summed E-state index contributed by atoms with van der Waals surface area (Å²) in [5, 5.41) is 0. The Morgan fingerprint density at radius 2 is 1.58 bits per heavy atom. The highest BCUT2D eigenvalue weighted by Crippen LogP contribution is 2.42. The van der Waals surface area contributed by atoms with E-state index >= 15 is 0 Å². The second-order valence-electron chi connectivity index (χ2n) is 7.38. The Kier molecular flexibility index (Phi) is 6.22. The summed E-state index contributed by atoms with van der Waals surface area (Å²) in [6.07, 6.45) is 1.63. The van der Waals surface area contributed by atoms with Crippen molar-refractivity contribution in [2.45, 2.75) is 13.5 Å². The van der Waals surface area contributed by atoms with Crippen LogP contribution in [0.25, 0.3) is 6.08 Å². The molecule has 1 heterocycles. The van der Waals surface area contributed by atoms with Gasteiger partial charge in [-0.1, -0.05) is 12.1 Å². The first-order valence-electron chi connectivity index (χ1n) is 10.2. The number of hydrogen-bond acceptors (Lipinski definition) is 6. The maximum atomic E-state index is 13.1. The molecule has 0 radical (unpaired) electrons. The van der Waals surface area contributed by atoms with Gasteiger partial charge >= 0.3 is 0 Å². The molecule has 1 aliphatic heterocycles. The molecule has 0 bridgehead atoms. The lowest BCUT2D eigenvalue weighted by atomic mass is 10.1. The summed E-state index contributed by atoms with van der Waals surface area (Å²) in [6, 6.07) is 13.0. The molecule has 0 atom stereocenters. The van der Waals surface area contributed by atoms with Gasteiger partial charge in [0.25, 0.3) is 0 Å². The van der Waals surface area contributed by atoms with E-state index in [-0.39, 0.29) is 24.0 Å². The van der Waals surface area contributed by atoms with Gasteiger partial charge in [0.15, 0.2) is 17.3 Å². The standard InChI is InChI=1S/C26H23FO6/c1-15-20(32-14-16-5-7-18(27)8-6-16)10-9-19-24(28)21(33-25(15)19)11-17-12-22(29-2)26(31-4)23(13-17)30-3/h5-13H,14H2,1-4H3/b21-11-. The van der Waals surface area contributed by atoms with Gasteiger partial charge in [0, 0.05) is 5.56 Å². The average Bonchev–Trinajstić information content (AvgIpc) is 3.14. The van der Waals surface area contributed by atoms with Gasteiger partial charge < -0.3 is 23.7 Å². The largest absolute Gasteiger partial charge is 0.493 e. The van der Waals surface area contributed by atoms with E-state index < -0.39 is 0 Å². The summed E-state index contributed by atoms with van der Waals surface area (Å²) < 4.78 is 41.0. The van der Waals surface area contributed by atoms with E-state index in [4.69, 9.17) is 23.7 Å². The summed E-state index contributed by atoms with van der Waals surface area (Å²) >= 11 is 0. The fraction of sp³-hybridized carbons (Fsp3) is 0.192. The zero-order valence-electron chi connectivity index (χ0n) is 18.7. The Balaban J connectivity index is 1.60. The number of carbonyl (C=O) groups is 1. The molecule has 0 aliphatic carbocycles.